The molecule has 1 aliphatic heterocycles. The highest BCUT2D eigenvalue weighted by atomic mass is 35.5. The highest BCUT2D eigenvalue weighted by Gasteiger charge is 2.41. The first-order valence-electron chi connectivity index (χ1n) is 12.4. The van der Waals surface area contributed by atoms with E-state index in [1.807, 2.05) is 12.1 Å². The van der Waals surface area contributed by atoms with Gasteiger partial charge in [-0.15, -0.1) is 0 Å². The fourth-order valence-corrected chi connectivity index (χ4v) is 5.93. The van der Waals surface area contributed by atoms with Crippen molar-refractivity contribution >= 4 is 29.2 Å². The van der Waals surface area contributed by atoms with E-state index in [0.29, 0.717) is 22.5 Å². The second-order valence-corrected chi connectivity index (χ2v) is 11.8. The average molecular weight is 503 g/mol. The predicted octanol–water partition coefficient (Wildman–Crippen LogP) is 7.09. The molecule has 4 nitrogen and oxygen atoms in total. The average Bonchev–Trinajstić information content (AvgIpc) is 3.57. The number of carbonyl (C=O) groups excluding carboxylic acids is 1. The lowest BCUT2D eigenvalue weighted by Crippen LogP contribution is -2.58. The topological polar surface area (TPSA) is 35.6 Å². The van der Waals surface area contributed by atoms with Crippen molar-refractivity contribution < 1.29 is 4.79 Å². The normalized spacial score (nSPS) is 21.2. The van der Waals surface area contributed by atoms with Crippen molar-refractivity contribution in [1.29, 1.82) is 0 Å². The van der Waals surface area contributed by atoms with E-state index >= 15 is 0 Å². The van der Waals surface area contributed by atoms with Gasteiger partial charge in [0, 0.05) is 19.1 Å². The van der Waals surface area contributed by atoms with Gasteiger partial charge in [0.25, 0.3) is 0 Å². The minimum Gasteiger partial charge on any atom is -0.331 e. The second-order valence-electron chi connectivity index (χ2n) is 11.0. The molecule has 2 unspecified atom stereocenters. The van der Waals surface area contributed by atoms with Gasteiger partial charge in [-0.2, -0.15) is 0 Å². The fraction of sp³-hybridized carbons (Fsp3) is 0.536. The van der Waals surface area contributed by atoms with Crippen LogP contribution in [0.5, 0.6) is 0 Å². The standard InChI is InChI=1S/C28H37Cl2N3O/c1-19-7-5-8-21(15-19)17-33(25-13-14-32(4)18-28(25,2)3)27(34)31-24(16-20-11-12-20)22-9-6-10-23(29)26(22)30/h5-10,15,20,24-25H,11-14,16-18H2,1-4H3,(H,31,34). The second kappa shape index (κ2) is 10.5. The van der Waals surface area contributed by atoms with Crippen molar-refractivity contribution in [2.24, 2.45) is 11.3 Å². The molecule has 2 aromatic rings. The van der Waals surface area contributed by atoms with Gasteiger partial charge in [-0.05, 0) is 61.9 Å². The Labute approximate surface area is 214 Å². The van der Waals surface area contributed by atoms with Gasteiger partial charge in [0.1, 0.15) is 0 Å². The number of nitrogens with one attached hydrogen (secondary N) is 1. The molecular formula is C28H37Cl2N3O. The molecule has 0 aromatic heterocycles. The number of aryl methyl sites for hydroxylation is 1. The monoisotopic (exact) mass is 501 g/mol. The number of urea groups is 1. The lowest BCUT2D eigenvalue weighted by atomic mass is 9.78. The number of rotatable bonds is 7. The Balaban J connectivity index is 1.63. The molecule has 1 saturated carbocycles. The Morgan fingerprint density at radius 3 is 2.59 bits per heavy atom. The first-order chi connectivity index (χ1) is 16.1. The molecule has 0 bridgehead atoms. The van der Waals surface area contributed by atoms with E-state index in [4.69, 9.17) is 23.2 Å². The van der Waals surface area contributed by atoms with E-state index < -0.39 is 0 Å². The van der Waals surface area contributed by atoms with Crippen LogP contribution >= 0.6 is 23.2 Å². The Kier molecular flexibility index (Phi) is 7.81. The largest absolute Gasteiger partial charge is 0.331 e. The van der Waals surface area contributed by atoms with Crippen LogP contribution in [-0.2, 0) is 6.54 Å². The molecule has 1 N–H and O–H groups in total. The fourth-order valence-electron chi connectivity index (χ4n) is 5.49. The SMILES string of the molecule is Cc1cccc(CN(C(=O)NC(CC2CC2)c2cccc(Cl)c2Cl)C2CCN(C)CC2(C)C)c1. The maximum absolute atomic E-state index is 14.0. The van der Waals surface area contributed by atoms with Gasteiger partial charge < -0.3 is 15.1 Å². The molecule has 0 radical (unpaired) electrons. The molecule has 2 amide bonds. The predicted molar refractivity (Wildman–Crippen MR) is 141 cm³/mol. The number of benzene rings is 2. The maximum atomic E-state index is 14.0. The molecular weight excluding hydrogens is 465 g/mol. The summed E-state index contributed by atoms with van der Waals surface area (Å²) in [6, 6.07) is 14.1. The number of likely N-dealkylation sites (tertiary alicyclic amines) is 1. The Bertz CT molecular complexity index is 1020. The summed E-state index contributed by atoms with van der Waals surface area (Å²) in [5.74, 6) is 0.630. The number of hydrogen-bond donors (Lipinski definition) is 1. The smallest absolute Gasteiger partial charge is 0.318 e. The summed E-state index contributed by atoms with van der Waals surface area (Å²) in [7, 11) is 2.16. The molecule has 0 spiro atoms. The molecule has 184 valence electrons. The Hall–Kier alpha value is -1.75. The molecule has 2 atom stereocenters. The maximum Gasteiger partial charge on any atom is 0.318 e. The van der Waals surface area contributed by atoms with Crippen LogP contribution in [0, 0.1) is 18.3 Å². The van der Waals surface area contributed by atoms with Crippen LogP contribution in [0.2, 0.25) is 10.0 Å². The van der Waals surface area contributed by atoms with Crippen LogP contribution in [0.3, 0.4) is 0 Å². The molecule has 2 aromatic carbocycles. The highest BCUT2D eigenvalue weighted by Crippen LogP contribution is 2.41. The third-order valence-corrected chi connectivity index (χ3v) is 8.19. The van der Waals surface area contributed by atoms with Crippen molar-refractivity contribution in [3.8, 4) is 0 Å². The minimum absolute atomic E-state index is 0.0200. The van der Waals surface area contributed by atoms with E-state index in [9.17, 15) is 4.79 Å². The molecule has 4 rings (SSSR count). The quantitative estimate of drug-likeness (QED) is 0.439. The van der Waals surface area contributed by atoms with E-state index in [2.05, 4.69) is 67.2 Å². The van der Waals surface area contributed by atoms with Gasteiger partial charge in [0.2, 0.25) is 0 Å². The minimum atomic E-state index is -0.152. The van der Waals surface area contributed by atoms with Crippen LogP contribution in [0.1, 0.15) is 62.3 Å². The third kappa shape index (κ3) is 6.08. The Morgan fingerprint density at radius 2 is 1.91 bits per heavy atom. The van der Waals surface area contributed by atoms with Crippen LogP contribution < -0.4 is 5.32 Å². The summed E-state index contributed by atoms with van der Waals surface area (Å²) >= 11 is 13.0. The lowest BCUT2D eigenvalue weighted by molar-refractivity contribution is 0.0297. The summed E-state index contributed by atoms with van der Waals surface area (Å²) < 4.78 is 0. The zero-order valence-corrected chi connectivity index (χ0v) is 22.3. The molecule has 1 heterocycles. The molecule has 2 aliphatic rings. The van der Waals surface area contributed by atoms with Crippen LogP contribution in [-0.4, -0.2) is 42.0 Å². The highest BCUT2D eigenvalue weighted by molar-refractivity contribution is 6.42. The van der Waals surface area contributed by atoms with Crippen molar-refractivity contribution in [3.05, 3.63) is 69.2 Å². The summed E-state index contributed by atoms with van der Waals surface area (Å²) in [5, 5.41) is 4.46. The van der Waals surface area contributed by atoms with Gasteiger partial charge in [0.05, 0.1) is 16.1 Å². The zero-order valence-electron chi connectivity index (χ0n) is 20.8. The van der Waals surface area contributed by atoms with Crippen molar-refractivity contribution in [2.45, 2.75) is 65.1 Å². The number of halogens is 2. The number of hydrogen-bond acceptors (Lipinski definition) is 2. The van der Waals surface area contributed by atoms with Gasteiger partial charge in [0.15, 0.2) is 0 Å². The lowest BCUT2D eigenvalue weighted by Gasteiger charge is -2.48. The number of amides is 2. The Morgan fingerprint density at radius 1 is 1.18 bits per heavy atom. The summed E-state index contributed by atoms with van der Waals surface area (Å²) in [6.45, 7) is 9.18. The van der Waals surface area contributed by atoms with Crippen LogP contribution in [0.4, 0.5) is 4.79 Å². The summed E-state index contributed by atoms with van der Waals surface area (Å²) in [4.78, 5) is 18.4. The van der Waals surface area contributed by atoms with Gasteiger partial charge in [-0.3, -0.25) is 0 Å². The van der Waals surface area contributed by atoms with Crippen molar-refractivity contribution in [3.63, 3.8) is 0 Å². The summed E-state index contributed by atoms with van der Waals surface area (Å²) in [6.07, 6.45) is 4.26. The van der Waals surface area contributed by atoms with E-state index in [1.54, 1.807) is 6.07 Å². The molecule has 2 fully saturated rings. The van der Waals surface area contributed by atoms with Crippen molar-refractivity contribution in [2.75, 3.05) is 20.1 Å². The summed E-state index contributed by atoms with van der Waals surface area (Å²) in [5.41, 5.74) is 3.25. The first-order valence-corrected chi connectivity index (χ1v) is 13.1. The molecule has 6 heteroatoms. The van der Waals surface area contributed by atoms with Crippen LogP contribution in [0.15, 0.2) is 42.5 Å². The molecule has 1 aliphatic carbocycles. The van der Waals surface area contributed by atoms with E-state index in [-0.39, 0.29) is 23.5 Å². The van der Waals surface area contributed by atoms with Crippen LogP contribution in [0.25, 0.3) is 0 Å². The van der Waals surface area contributed by atoms with Crippen molar-refractivity contribution in [1.82, 2.24) is 15.1 Å². The molecule has 34 heavy (non-hydrogen) atoms. The number of piperidine rings is 1. The number of nitrogens with zero attached hydrogens (tertiary/aromatic N) is 2. The van der Waals surface area contributed by atoms with E-state index in [1.165, 1.54) is 18.4 Å². The third-order valence-electron chi connectivity index (χ3n) is 7.36. The number of carbonyl (C=O) groups is 1. The van der Waals surface area contributed by atoms with E-state index in [0.717, 1.165) is 37.1 Å². The van der Waals surface area contributed by atoms with Gasteiger partial charge in [-0.25, -0.2) is 4.79 Å². The zero-order chi connectivity index (χ0) is 24.5. The van der Waals surface area contributed by atoms with Gasteiger partial charge in [-0.1, -0.05) is 91.9 Å². The van der Waals surface area contributed by atoms with Gasteiger partial charge >= 0.3 is 6.03 Å². The first kappa shape index (κ1) is 25.3. The molecule has 1 saturated heterocycles.